The van der Waals surface area contributed by atoms with E-state index in [0.29, 0.717) is 5.25 Å². The molecule has 0 saturated carbocycles. The smallest absolute Gasteiger partial charge is 0.122 e. The number of nitrogens with one attached hydrogen (secondary N) is 1. The minimum Gasteiger partial charge on any atom is -0.288 e. The fraction of sp³-hybridized carbons (Fsp3) is 0.750. The highest BCUT2D eigenvalue weighted by Crippen LogP contribution is 2.30. The number of halogens is 1. The van der Waals surface area contributed by atoms with Gasteiger partial charge in [-0.2, -0.15) is 0 Å². The molecule has 1 unspecified atom stereocenters. The van der Waals surface area contributed by atoms with Crippen LogP contribution in [-0.4, -0.2) is 15.4 Å². The van der Waals surface area contributed by atoms with Crippen molar-refractivity contribution in [3.8, 4) is 0 Å². The zero-order valence-electron chi connectivity index (χ0n) is 4.51. The number of hydrogen-bond acceptors (Lipinski definition) is 3. The van der Waals surface area contributed by atoms with Gasteiger partial charge >= 0.3 is 0 Å². The Labute approximate surface area is 63.9 Å². The van der Waals surface area contributed by atoms with Gasteiger partial charge in [-0.05, 0) is 0 Å². The van der Waals surface area contributed by atoms with Crippen LogP contribution in [0.4, 0.5) is 0 Å². The molecule has 1 rings (SSSR count). The number of rotatable bonds is 0. The molecule has 0 radical (unpaired) electrons. The minimum absolute atomic E-state index is 0. The minimum atomic E-state index is 0. The van der Waals surface area contributed by atoms with Gasteiger partial charge in [-0.15, -0.1) is 12.4 Å². The summed E-state index contributed by atoms with van der Waals surface area (Å²) in [6.07, 6.45) is 0. The van der Waals surface area contributed by atoms with Gasteiger partial charge < -0.3 is 0 Å². The summed E-state index contributed by atoms with van der Waals surface area (Å²) >= 11 is 3.32. The Morgan fingerprint density at radius 3 is 2.50 bits per heavy atom. The zero-order chi connectivity index (χ0) is 5.28. The third-order valence-electron chi connectivity index (χ3n) is 0.757. The molecule has 0 aromatic carbocycles. The van der Waals surface area contributed by atoms with Crippen molar-refractivity contribution in [3.05, 3.63) is 0 Å². The molecular weight excluding hydrogens is 162 g/mol. The average molecular weight is 170 g/mol. The van der Waals surface area contributed by atoms with E-state index < -0.39 is 0 Å². The molecule has 1 nitrogen and oxygen atoms in total. The van der Waals surface area contributed by atoms with E-state index in [2.05, 4.69) is 6.92 Å². The van der Waals surface area contributed by atoms with Gasteiger partial charge in [0.15, 0.2) is 0 Å². The van der Waals surface area contributed by atoms with Crippen LogP contribution in [0.5, 0.6) is 0 Å². The van der Waals surface area contributed by atoms with Crippen molar-refractivity contribution in [1.82, 2.24) is 0 Å². The molecule has 0 aliphatic carbocycles. The molecule has 0 bridgehead atoms. The van der Waals surface area contributed by atoms with Gasteiger partial charge in [0.2, 0.25) is 0 Å². The van der Waals surface area contributed by atoms with Crippen LogP contribution < -0.4 is 0 Å². The maximum atomic E-state index is 7.10. The highest BCUT2D eigenvalue weighted by Gasteiger charge is 2.15. The lowest BCUT2D eigenvalue weighted by Crippen LogP contribution is -1.89. The molecule has 4 heteroatoms. The summed E-state index contributed by atoms with van der Waals surface area (Å²) in [6.45, 7) is 2.15. The van der Waals surface area contributed by atoms with Crippen molar-refractivity contribution in [2.45, 2.75) is 12.2 Å². The van der Waals surface area contributed by atoms with Crippen LogP contribution in [0.25, 0.3) is 0 Å². The van der Waals surface area contributed by atoms with Gasteiger partial charge in [-0.25, -0.2) is 0 Å². The first-order valence-corrected chi connectivity index (χ1v) is 4.03. The van der Waals surface area contributed by atoms with Crippen molar-refractivity contribution in [1.29, 1.82) is 5.41 Å². The lowest BCUT2D eigenvalue weighted by molar-refractivity contribution is 1.15. The Morgan fingerprint density at radius 2 is 2.38 bits per heavy atom. The van der Waals surface area contributed by atoms with Gasteiger partial charge in [0.1, 0.15) is 4.38 Å². The monoisotopic (exact) mass is 169 g/mol. The molecule has 1 fully saturated rings. The normalized spacial score (nSPS) is 27.6. The van der Waals surface area contributed by atoms with Crippen LogP contribution in [0.15, 0.2) is 0 Å². The SMILES string of the molecule is CC1CSC(=N)S1.Cl. The molecule has 0 aromatic heterocycles. The summed E-state index contributed by atoms with van der Waals surface area (Å²) in [7, 11) is 0. The molecule has 8 heavy (non-hydrogen) atoms. The van der Waals surface area contributed by atoms with E-state index in [4.69, 9.17) is 5.41 Å². The number of hydrogen-bond donors (Lipinski definition) is 1. The van der Waals surface area contributed by atoms with Gasteiger partial charge in [0, 0.05) is 11.0 Å². The van der Waals surface area contributed by atoms with Gasteiger partial charge in [0.25, 0.3) is 0 Å². The fourth-order valence-electron chi connectivity index (χ4n) is 0.444. The maximum Gasteiger partial charge on any atom is 0.122 e. The predicted molar refractivity (Wildman–Crippen MR) is 44.5 cm³/mol. The summed E-state index contributed by atoms with van der Waals surface area (Å²) in [5.74, 6) is 1.13. The molecule has 48 valence electrons. The van der Waals surface area contributed by atoms with E-state index in [1.54, 1.807) is 23.5 Å². The first kappa shape index (κ1) is 8.66. The first-order valence-electron chi connectivity index (χ1n) is 2.17. The second-order valence-corrected chi connectivity index (χ2v) is 4.26. The van der Waals surface area contributed by atoms with E-state index in [1.807, 2.05) is 0 Å². The molecule has 1 saturated heterocycles. The lowest BCUT2D eigenvalue weighted by Gasteiger charge is -1.89. The highest BCUT2D eigenvalue weighted by molar-refractivity contribution is 8.41. The van der Waals surface area contributed by atoms with Crippen molar-refractivity contribution in [2.75, 3.05) is 5.75 Å². The Hall–Kier alpha value is 0.660. The standard InChI is InChI=1S/C4H7NS2.ClH/c1-3-2-6-4(5)7-3;/h3,5H,2H2,1H3;1H. The topological polar surface area (TPSA) is 23.9 Å². The third kappa shape index (κ3) is 2.29. The van der Waals surface area contributed by atoms with Crippen molar-refractivity contribution >= 4 is 40.3 Å². The molecule has 1 N–H and O–H groups in total. The summed E-state index contributed by atoms with van der Waals surface area (Å²) in [5.41, 5.74) is 0. The summed E-state index contributed by atoms with van der Waals surface area (Å²) in [5, 5.41) is 7.78. The second-order valence-electron chi connectivity index (χ2n) is 1.53. The van der Waals surface area contributed by atoms with Crippen LogP contribution in [-0.2, 0) is 0 Å². The van der Waals surface area contributed by atoms with Crippen LogP contribution in [0.1, 0.15) is 6.92 Å². The quantitative estimate of drug-likeness (QED) is 0.601. The Morgan fingerprint density at radius 1 is 1.75 bits per heavy atom. The summed E-state index contributed by atoms with van der Waals surface area (Å²) in [4.78, 5) is 0. The zero-order valence-corrected chi connectivity index (χ0v) is 6.96. The van der Waals surface area contributed by atoms with E-state index >= 15 is 0 Å². The van der Waals surface area contributed by atoms with Crippen LogP contribution in [0.3, 0.4) is 0 Å². The molecule has 1 atom stereocenters. The van der Waals surface area contributed by atoms with E-state index in [0.717, 1.165) is 10.1 Å². The van der Waals surface area contributed by atoms with Crippen molar-refractivity contribution in [3.63, 3.8) is 0 Å². The molecular formula is C4H8ClNS2. The molecule has 0 aromatic rings. The largest absolute Gasteiger partial charge is 0.288 e. The highest BCUT2D eigenvalue weighted by atomic mass is 35.5. The third-order valence-corrected chi connectivity index (χ3v) is 3.32. The molecule has 1 aliphatic heterocycles. The van der Waals surface area contributed by atoms with Gasteiger partial charge in [-0.3, -0.25) is 5.41 Å². The Balaban J connectivity index is 0.000000490. The first-order chi connectivity index (χ1) is 3.29. The van der Waals surface area contributed by atoms with E-state index in [9.17, 15) is 0 Å². The van der Waals surface area contributed by atoms with Gasteiger partial charge in [0.05, 0.1) is 0 Å². The molecule has 1 aliphatic rings. The fourth-order valence-corrected chi connectivity index (χ4v) is 2.64. The van der Waals surface area contributed by atoms with Crippen molar-refractivity contribution < 1.29 is 0 Å². The van der Waals surface area contributed by atoms with E-state index in [1.165, 1.54) is 0 Å². The molecule has 1 heterocycles. The van der Waals surface area contributed by atoms with E-state index in [-0.39, 0.29) is 12.4 Å². The predicted octanol–water partition coefficient (Wildman–Crippen LogP) is 2.21. The van der Waals surface area contributed by atoms with Crippen LogP contribution in [0, 0.1) is 5.41 Å². The lowest BCUT2D eigenvalue weighted by atomic mass is 10.6. The van der Waals surface area contributed by atoms with Crippen LogP contribution >= 0.6 is 35.9 Å². The second kappa shape index (κ2) is 3.64. The molecule has 0 spiro atoms. The maximum absolute atomic E-state index is 7.10. The van der Waals surface area contributed by atoms with Gasteiger partial charge in [-0.1, -0.05) is 30.4 Å². The number of thioether (sulfide) groups is 2. The molecule has 0 amide bonds. The average Bonchev–Trinajstić information content (AvgIpc) is 1.87. The van der Waals surface area contributed by atoms with Crippen LogP contribution in [0.2, 0.25) is 0 Å². The summed E-state index contributed by atoms with van der Waals surface area (Å²) in [6, 6.07) is 0. The Kier molecular flexibility index (Phi) is 3.94. The summed E-state index contributed by atoms with van der Waals surface area (Å²) < 4.78 is 0.785. The van der Waals surface area contributed by atoms with Crippen molar-refractivity contribution in [2.24, 2.45) is 0 Å². The Bertz CT molecular complexity index is 96.0.